The van der Waals surface area contributed by atoms with Gasteiger partial charge in [-0.2, -0.15) is 0 Å². The van der Waals surface area contributed by atoms with Crippen LogP contribution in [0.15, 0.2) is 194 Å². The van der Waals surface area contributed by atoms with E-state index in [1.54, 1.807) is 0 Å². The molecule has 1 atom stereocenters. The summed E-state index contributed by atoms with van der Waals surface area (Å²) in [6.45, 7) is 6.27. The molecule has 450 valence electrons. The van der Waals surface area contributed by atoms with Gasteiger partial charge in [-0.1, -0.05) is 260 Å². The first-order valence-electron chi connectivity index (χ1n) is 31.9. The first kappa shape index (κ1) is 75.2. The molecule has 0 radical (unpaired) electrons. The fourth-order valence-electron chi connectivity index (χ4n) is 7.86. The van der Waals surface area contributed by atoms with Crippen LogP contribution >= 0.6 is 0 Å². The van der Waals surface area contributed by atoms with Gasteiger partial charge in [-0.05, 0) is 154 Å². The van der Waals surface area contributed by atoms with E-state index in [9.17, 15) is 14.4 Å². The maximum absolute atomic E-state index is 12.9. The number of carbonyl (C=O) groups excluding carboxylic acids is 3. The second-order valence-corrected chi connectivity index (χ2v) is 20.2. The van der Waals surface area contributed by atoms with E-state index in [2.05, 4.69) is 215 Å². The van der Waals surface area contributed by atoms with Crippen molar-refractivity contribution in [3.63, 3.8) is 0 Å². The van der Waals surface area contributed by atoms with Gasteiger partial charge < -0.3 is 14.2 Å². The number of unbranched alkanes of at least 4 members (excludes halogenated alkanes) is 12. The lowest BCUT2D eigenvalue weighted by Crippen LogP contribution is -2.30. The Hall–Kier alpha value is -5.75. The average molecular weight is 1110 g/mol. The van der Waals surface area contributed by atoms with Crippen LogP contribution in [-0.2, 0) is 28.6 Å². The monoisotopic (exact) mass is 1110 g/mol. The third kappa shape index (κ3) is 64.9. The summed E-state index contributed by atoms with van der Waals surface area (Å²) in [6, 6.07) is 0. The van der Waals surface area contributed by atoms with E-state index in [1.807, 2.05) is 0 Å². The van der Waals surface area contributed by atoms with Gasteiger partial charge >= 0.3 is 17.9 Å². The summed E-state index contributed by atoms with van der Waals surface area (Å²) >= 11 is 0. The zero-order chi connectivity index (χ0) is 58.5. The highest BCUT2D eigenvalue weighted by molar-refractivity contribution is 5.71. The van der Waals surface area contributed by atoms with E-state index >= 15 is 0 Å². The first-order valence-corrected chi connectivity index (χ1v) is 31.9. The zero-order valence-corrected chi connectivity index (χ0v) is 51.5. The molecule has 0 aliphatic rings. The molecule has 0 saturated heterocycles. The van der Waals surface area contributed by atoms with Crippen molar-refractivity contribution in [1.82, 2.24) is 0 Å². The van der Waals surface area contributed by atoms with Gasteiger partial charge in [0, 0.05) is 19.3 Å². The second kappa shape index (κ2) is 66.8. The fourth-order valence-corrected chi connectivity index (χ4v) is 7.86. The molecule has 0 aromatic carbocycles. The predicted octanol–water partition coefficient (Wildman–Crippen LogP) is 22.2. The van der Waals surface area contributed by atoms with Crippen LogP contribution in [0.25, 0.3) is 0 Å². The summed E-state index contributed by atoms with van der Waals surface area (Å²) in [5, 5.41) is 0. The second-order valence-electron chi connectivity index (χ2n) is 20.2. The number of ether oxygens (including phenoxy) is 3. The molecule has 0 spiro atoms. The third-order valence-corrected chi connectivity index (χ3v) is 12.6. The molecule has 0 heterocycles. The molecule has 0 aromatic rings. The van der Waals surface area contributed by atoms with E-state index in [-0.39, 0.29) is 38.0 Å². The summed E-state index contributed by atoms with van der Waals surface area (Å²) < 4.78 is 16.8. The third-order valence-electron chi connectivity index (χ3n) is 12.6. The fraction of sp³-hybridized carbons (Fsp3) is 0.533. The number of hydrogen-bond donors (Lipinski definition) is 0. The minimum atomic E-state index is -0.848. The van der Waals surface area contributed by atoms with Gasteiger partial charge in [0.25, 0.3) is 0 Å². The molecule has 0 N–H and O–H groups in total. The largest absolute Gasteiger partial charge is 0.462 e. The predicted molar refractivity (Wildman–Crippen MR) is 352 cm³/mol. The maximum atomic E-state index is 12.9. The Kier molecular flexibility index (Phi) is 62.0. The normalized spacial score (nSPS) is 13.5. The SMILES string of the molecule is CC/C=C\C/C=C\C/C=C\C/C=C\C/C=C\C/C=C\C/C=C\C/C=C\C/C=C\CCCC(=O)OCC(COC(=O)CCCCCCCCC/C=C\C/C=C\CCCCC)OC(=O)CCC/C=C\C/C=C\C/C=C\C/C=C\C/C=C\CC. The van der Waals surface area contributed by atoms with Crippen LogP contribution in [0.5, 0.6) is 0 Å². The molecule has 0 amide bonds. The molecule has 0 aliphatic carbocycles. The summed E-state index contributed by atoms with van der Waals surface area (Å²) in [5.74, 6) is -1.07. The van der Waals surface area contributed by atoms with Crippen LogP contribution in [-0.4, -0.2) is 37.2 Å². The smallest absolute Gasteiger partial charge is 0.306 e. The minimum absolute atomic E-state index is 0.133. The number of carbonyl (C=O) groups is 3. The minimum Gasteiger partial charge on any atom is -0.462 e. The highest BCUT2D eigenvalue weighted by Crippen LogP contribution is 2.12. The van der Waals surface area contributed by atoms with Crippen molar-refractivity contribution < 1.29 is 28.6 Å². The number of allylic oxidation sites excluding steroid dienone is 32. The Bertz CT molecular complexity index is 1950. The molecule has 81 heavy (non-hydrogen) atoms. The number of esters is 3. The Morgan fingerprint density at radius 1 is 0.259 bits per heavy atom. The molecule has 1 unspecified atom stereocenters. The van der Waals surface area contributed by atoms with Gasteiger partial charge in [-0.25, -0.2) is 0 Å². The van der Waals surface area contributed by atoms with E-state index in [4.69, 9.17) is 14.2 Å². The van der Waals surface area contributed by atoms with Crippen molar-refractivity contribution in [1.29, 1.82) is 0 Å². The standard InChI is InChI=1S/C75H114O6/c1-4-7-10-13-16-19-22-25-28-31-32-33-34-35-36-37-38-39-40-41-42-45-47-50-53-56-59-62-65-68-74(77)80-71-72(81-75(78)69-66-63-60-57-54-51-48-44-30-27-24-21-18-15-12-9-6-3)70-79-73(76)67-64-61-58-55-52-49-46-43-29-26-23-20-17-14-11-8-5-2/h7,9-10,12,16-21,25-30,32-33,35-36,38-39,41-42,47-48,50-51,56-57,59-60,72H,4-6,8,11,13-15,22-24,31,34,37,40,43-46,49,52-55,58,61-71H2,1-3H3/b10-7-,12-9-,19-16-,20-17-,21-18-,28-25-,29-26-,30-27-,33-32-,36-35-,39-38-,42-41-,50-47-,51-48-,59-56-,60-57-. The Morgan fingerprint density at radius 2 is 0.494 bits per heavy atom. The topological polar surface area (TPSA) is 78.9 Å². The summed E-state index contributed by atoms with van der Waals surface area (Å²) in [5.41, 5.74) is 0. The quantitative estimate of drug-likeness (QED) is 0.0261. The maximum Gasteiger partial charge on any atom is 0.306 e. The van der Waals surface area contributed by atoms with E-state index < -0.39 is 12.1 Å². The lowest BCUT2D eigenvalue weighted by atomic mass is 10.1. The van der Waals surface area contributed by atoms with Crippen molar-refractivity contribution in [2.45, 2.75) is 245 Å². The average Bonchev–Trinajstić information content (AvgIpc) is 3.47. The van der Waals surface area contributed by atoms with Crippen molar-refractivity contribution in [3.05, 3.63) is 194 Å². The lowest BCUT2D eigenvalue weighted by molar-refractivity contribution is -0.167. The molecular formula is C75H114O6. The summed E-state index contributed by atoms with van der Waals surface area (Å²) in [7, 11) is 0. The van der Waals surface area contributed by atoms with E-state index in [0.717, 1.165) is 135 Å². The number of hydrogen-bond acceptors (Lipinski definition) is 6. The van der Waals surface area contributed by atoms with Crippen molar-refractivity contribution in [2.24, 2.45) is 0 Å². The molecule has 0 saturated carbocycles. The van der Waals surface area contributed by atoms with E-state index in [0.29, 0.717) is 19.3 Å². The lowest BCUT2D eigenvalue weighted by Gasteiger charge is -2.18. The molecule has 0 aliphatic heterocycles. The highest BCUT2D eigenvalue weighted by atomic mass is 16.6. The van der Waals surface area contributed by atoms with Crippen LogP contribution in [0.3, 0.4) is 0 Å². The first-order chi connectivity index (χ1) is 40.0. The zero-order valence-electron chi connectivity index (χ0n) is 51.5. The molecule has 6 heteroatoms. The van der Waals surface area contributed by atoms with Crippen LogP contribution in [0.2, 0.25) is 0 Å². The highest BCUT2D eigenvalue weighted by Gasteiger charge is 2.19. The van der Waals surface area contributed by atoms with Crippen LogP contribution in [0.4, 0.5) is 0 Å². The number of rotatable bonds is 55. The van der Waals surface area contributed by atoms with Gasteiger partial charge in [0.1, 0.15) is 13.2 Å². The Morgan fingerprint density at radius 3 is 0.802 bits per heavy atom. The molecule has 0 rings (SSSR count). The Balaban J connectivity index is 4.57. The van der Waals surface area contributed by atoms with Crippen LogP contribution in [0.1, 0.15) is 239 Å². The molecular weight excluding hydrogens is 997 g/mol. The van der Waals surface area contributed by atoms with Gasteiger partial charge in [0.15, 0.2) is 6.10 Å². The van der Waals surface area contributed by atoms with E-state index in [1.165, 1.54) is 51.4 Å². The molecule has 0 bridgehead atoms. The molecule has 0 fully saturated rings. The summed E-state index contributed by atoms with van der Waals surface area (Å²) in [4.78, 5) is 38.3. The van der Waals surface area contributed by atoms with Gasteiger partial charge in [-0.15, -0.1) is 0 Å². The van der Waals surface area contributed by atoms with Crippen LogP contribution < -0.4 is 0 Å². The van der Waals surface area contributed by atoms with Crippen molar-refractivity contribution >= 4 is 17.9 Å². The summed E-state index contributed by atoms with van der Waals surface area (Å²) in [6.07, 6.45) is 102. The molecule has 0 aromatic heterocycles. The van der Waals surface area contributed by atoms with Gasteiger partial charge in [0.2, 0.25) is 0 Å². The van der Waals surface area contributed by atoms with Gasteiger partial charge in [0.05, 0.1) is 0 Å². The van der Waals surface area contributed by atoms with Crippen molar-refractivity contribution in [2.75, 3.05) is 13.2 Å². The molecule has 6 nitrogen and oxygen atoms in total. The Labute approximate surface area is 497 Å². The van der Waals surface area contributed by atoms with Crippen LogP contribution in [0, 0.1) is 0 Å². The van der Waals surface area contributed by atoms with Gasteiger partial charge in [-0.3, -0.25) is 14.4 Å². The van der Waals surface area contributed by atoms with Crippen molar-refractivity contribution in [3.8, 4) is 0 Å².